The van der Waals surface area contributed by atoms with Crippen molar-refractivity contribution in [3.63, 3.8) is 0 Å². The molecule has 3 heterocycles. The second-order valence-corrected chi connectivity index (χ2v) is 13.0. The number of nitrogens with one attached hydrogen (secondary N) is 2. The third-order valence-electron chi connectivity index (χ3n) is 6.83. The SMILES string of the molecule is Cc1cnc(Nc2ccc(N3CCN(C)CC3)c(F)c2)nc1Nc1ccc2c(c1)N(SC(C)(C)C)CCC2. The third-order valence-corrected chi connectivity index (χ3v) is 7.97. The third kappa shape index (κ3) is 6.32. The summed E-state index contributed by atoms with van der Waals surface area (Å²) in [5.74, 6) is 0.910. The number of anilines is 6. The van der Waals surface area contributed by atoms with Crippen LogP contribution in [0.1, 0.15) is 38.3 Å². The number of hydrogen-bond donors (Lipinski definition) is 2. The summed E-state index contributed by atoms with van der Waals surface area (Å²) in [5, 5.41) is 6.66. The van der Waals surface area contributed by atoms with Crippen LogP contribution in [-0.4, -0.2) is 59.4 Å². The molecular weight excluding hydrogens is 497 g/mol. The fourth-order valence-corrected chi connectivity index (χ4v) is 5.98. The molecule has 2 aliphatic heterocycles. The number of piperazine rings is 1. The van der Waals surface area contributed by atoms with Crippen molar-refractivity contribution < 1.29 is 4.39 Å². The van der Waals surface area contributed by atoms with Crippen LogP contribution >= 0.6 is 11.9 Å². The molecule has 0 bridgehead atoms. The lowest BCUT2D eigenvalue weighted by atomic mass is 10.0. The van der Waals surface area contributed by atoms with E-state index in [1.54, 1.807) is 6.20 Å². The van der Waals surface area contributed by atoms with Gasteiger partial charge in [-0.3, -0.25) is 0 Å². The van der Waals surface area contributed by atoms with Crippen molar-refractivity contribution in [1.29, 1.82) is 0 Å². The van der Waals surface area contributed by atoms with Crippen LogP contribution in [-0.2, 0) is 6.42 Å². The molecule has 1 saturated heterocycles. The van der Waals surface area contributed by atoms with Gasteiger partial charge in [0.15, 0.2) is 0 Å². The molecule has 0 atom stereocenters. The molecule has 1 fully saturated rings. The normalized spacial score (nSPS) is 16.4. The lowest BCUT2D eigenvalue weighted by Crippen LogP contribution is -2.44. The zero-order chi connectivity index (χ0) is 26.9. The Kier molecular flexibility index (Phi) is 7.68. The number of fused-ring (bicyclic) bond motifs is 1. The molecule has 0 aliphatic carbocycles. The smallest absolute Gasteiger partial charge is 0.229 e. The van der Waals surface area contributed by atoms with E-state index in [1.165, 1.54) is 23.7 Å². The Labute approximate surface area is 230 Å². The van der Waals surface area contributed by atoms with Crippen LogP contribution in [0.2, 0.25) is 0 Å². The maximum atomic E-state index is 15.0. The summed E-state index contributed by atoms with van der Waals surface area (Å²) in [5.41, 5.74) is 5.83. The average molecular weight is 536 g/mol. The molecule has 0 saturated carbocycles. The molecule has 1 aromatic heterocycles. The summed E-state index contributed by atoms with van der Waals surface area (Å²) in [6, 6.07) is 11.8. The molecule has 7 nitrogen and oxygen atoms in total. The van der Waals surface area contributed by atoms with Crippen molar-refractivity contribution >= 4 is 46.5 Å². The summed E-state index contributed by atoms with van der Waals surface area (Å²) in [7, 11) is 2.10. The first kappa shape index (κ1) is 26.6. The van der Waals surface area contributed by atoms with Crippen LogP contribution < -0.4 is 19.8 Å². The van der Waals surface area contributed by atoms with Crippen molar-refractivity contribution in [2.75, 3.05) is 59.6 Å². The van der Waals surface area contributed by atoms with Gasteiger partial charge in [-0.2, -0.15) is 4.98 Å². The van der Waals surface area contributed by atoms with Crippen LogP contribution in [0.5, 0.6) is 0 Å². The van der Waals surface area contributed by atoms with Gasteiger partial charge in [-0.1, -0.05) is 6.07 Å². The monoisotopic (exact) mass is 535 g/mol. The van der Waals surface area contributed by atoms with Gasteiger partial charge in [0.25, 0.3) is 0 Å². The molecule has 2 aliphatic rings. The lowest BCUT2D eigenvalue weighted by Gasteiger charge is -2.35. The minimum Gasteiger partial charge on any atom is -0.367 e. The van der Waals surface area contributed by atoms with E-state index in [0.717, 1.165) is 56.2 Å². The maximum Gasteiger partial charge on any atom is 0.229 e. The van der Waals surface area contributed by atoms with Crippen molar-refractivity contribution in [3.05, 3.63) is 59.5 Å². The highest BCUT2D eigenvalue weighted by Gasteiger charge is 2.23. The molecule has 0 unspecified atom stereocenters. The van der Waals surface area contributed by atoms with Gasteiger partial charge in [0.1, 0.15) is 11.6 Å². The fourth-order valence-electron chi connectivity index (χ4n) is 4.83. The number of aromatic nitrogens is 2. The first-order valence-electron chi connectivity index (χ1n) is 13.3. The first-order valence-corrected chi connectivity index (χ1v) is 14.1. The van der Waals surface area contributed by atoms with Gasteiger partial charge >= 0.3 is 0 Å². The van der Waals surface area contributed by atoms with E-state index in [-0.39, 0.29) is 10.6 Å². The second-order valence-electron chi connectivity index (χ2n) is 11.2. The minimum atomic E-state index is -0.239. The van der Waals surface area contributed by atoms with Crippen LogP contribution in [0.4, 0.5) is 38.9 Å². The number of aryl methyl sites for hydroxylation is 2. The van der Waals surface area contributed by atoms with Crippen molar-refractivity contribution in [2.24, 2.45) is 0 Å². The van der Waals surface area contributed by atoms with E-state index in [9.17, 15) is 4.39 Å². The standard InChI is InChI=1S/C29H38FN7S/c1-20-19-31-28(33-22-10-11-25(24(30)17-22)36-15-13-35(5)14-16-36)34-27(20)32-23-9-8-21-7-6-12-37(26(21)18-23)38-29(2,3)4/h8-11,17-19H,6-7,12-16H2,1-5H3,(H2,31,32,33,34). The Balaban J connectivity index is 1.31. The van der Waals surface area contributed by atoms with Gasteiger partial charge in [-0.15, -0.1) is 0 Å². The van der Waals surface area contributed by atoms with Crippen LogP contribution in [0.25, 0.3) is 0 Å². The molecule has 9 heteroatoms. The van der Waals surface area contributed by atoms with Gasteiger partial charge in [0.05, 0.1) is 11.4 Å². The van der Waals surface area contributed by atoms with Gasteiger partial charge in [-0.05, 0) is 95.4 Å². The molecule has 38 heavy (non-hydrogen) atoms. The molecule has 3 aromatic rings. The largest absolute Gasteiger partial charge is 0.367 e. The van der Waals surface area contributed by atoms with E-state index >= 15 is 0 Å². The Morgan fingerprint density at radius 1 is 0.921 bits per heavy atom. The molecule has 202 valence electrons. The van der Waals surface area contributed by atoms with Crippen LogP contribution in [0, 0.1) is 12.7 Å². The molecular formula is C29H38FN7S. The molecule has 0 amide bonds. The molecule has 0 radical (unpaired) electrons. The van der Waals surface area contributed by atoms with E-state index in [1.807, 2.05) is 31.0 Å². The number of benzene rings is 2. The molecule has 5 rings (SSSR count). The number of rotatable bonds is 6. The van der Waals surface area contributed by atoms with Crippen LogP contribution in [0.15, 0.2) is 42.6 Å². The van der Waals surface area contributed by atoms with Gasteiger partial charge in [0.2, 0.25) is 5.95 Å². The lowest BCUT2D eigenvalue weighted by molar-refractivity contribution is 0.311. The van der Waals surface area contributed by atoms with Crippen LogP contribution in [0.3, 0.4) is 0 Å². The topological polar surface area (TPSA) is 59.6 Å². The highest BCUT2D eigenvalue weighted by atomic mass is 32.2. The summed E-state index contributed by atoms with van der Waals surface area (Å²) < 4.78 is 17.5. The summed E-state index contributed by atoms with van der Waals surface area (Å²) in [4.78, 5) is 13.5. The van der Waals surface area contributed by atoms with Gasteiger partial charge in [-0.25, -0.2) is 9.37 Å². The number of hydrogen-bond acceptors (Lipinski definition) is 8. The number of likely N-dealkylation sites (N-methyl/N-ethyl adjacent to an activating group) is 1. The Bertz CT molecular complexity index is 1280. The van der Waals surface area contributed by atoms with E-state index in [4.69, 9.17) is 4.98 Å². The highest BCUT2D eigenvalue weighted by molar-refractivity contribution is 8.01. The Hall–Kier alpha value is -3.04. The summed E-state index contributed by atoms with van der Waals surface area (Å²) >= 11 is 1.89. The van der Waals surface area contributed by atoms with E-state index in [2.05, 4.69) is 75.7 Å². The van der Waals surface area contributed by atoms with Gasteiger partial charge in [0, 0.05) is 60.6 Å². The predicted octanol–water partition coefficient (Wildman–Crippen LogP) is 6.36. The Morgan fingerprint density at radius 2 is 1.66 bits per heavy atom. The predicted molar refractivity (Wildman–Crippen MR) is 159 cm³/mol. The van der Waals surface area contributed by atoms with Crippen molar-refractivity contribution in [3.8, 4) is 0 Å². The zero-order valence-corrected chi connectivity index (χ0v) is 23.8. The molecule has 0 spiro atoms. The fraction of sp³-hybridized carbons (Fsp3) is 0.448. The summed E-state index contributed by atoms with van der Waals surface area (Å²) in [6.45, 7) is 13.3. The number of halogens is 1. The first-order chi connectivity index (χ1) is 18.1. The molecule has 2 N–H and O–H groups in total. The second kappa shape index (κ2) is 11.0. The van der Waals surface area contributed by atoms with Gasteiger partial charge < -0.3 is 24.7 Å². The summed E-state index contributed by atoms with van der Waals surface area (Å²) in [6.07, 6.45) is 4.05. The minimum absolute atomic E-state index is 0.143. The highest BCUT2D eigenvalue weighted by Crippen LogP contribution is 2.39. The average Bonchev–Trinajstić information content (AvgIpc) is 2.86. The zero-order valence-electron chi connectivity index (χ0n) is 23.0. The van der Waals surface area contributed by atoms with Crippen molar-refractivity contribution in [2.45, 2.75) is 45.3 Å². The maximum absolute atomic E-state index is 15.0. The quantitative estimate of drug-likeness (QED) is 0.354. The Morgan fingerprint density at radius 3 is 2.39 bits per heavy atom. The number of nitrogens with zero attached hydrogens (tertiary/aromatic N) is 5. The van der Waals surface area contributed by atoms with Crippen molar-refractivity contribution in [1.82, 2.24) is 14.9 Å². The molecule has 2 aromatic carbocycles. The van der Waals surface area contributed by atoms with E-state index < -0.39 is 0 Å². The van der Waals surface area contributed by atoms with E-state index in [0.29, 0.717) is 17.3 Å².